The van der Waals surface area contributed by atoms with E-state index in [0.29, 0.717) is 5.69 Å². The van der Waals surface area contributed by atoms with Crippen LogP contribution in [-0.4, -0.2) is 11.1 Å². The smallest absolute Gasteiger partial charge is 0.350 e. The van der Waals surface area contributed by atoms with E-state index in [1.54, 1.807) is 0 Å². The molecule has 1 heterocycles. The maximum Gasteiger partial charge on any atom is 0.416 e. The van der Waals surface area contributed by atoms with Gasteiger partial charge in [0.05, 0.1) is 5.56 Å². The Balaban J connectivity index is 1.73. The number of hydrogen-bond donors (Lipinski definition) is 1. The summed E-state index contributed by atoms with van der Waals surface area (Å²) in [4.78, 5) is 12.1. The van der Waals surface area contributed by atoms with Crippen molar-refractivity contribution in [2.75, 3.05) is 5.32 Å². The zero-order valence-corrected chi connectivity index (χ0v) is 12.2. The van der Waals surface area contributed by atoms with Gasteiger partial charge in [-0.15, -0.1) is 0 Å². The highest BCUT2D eigenvalue weighted by molar-refractivity contribution is 6.02. The molecule has 0 radical (unpaired) electrons. The van der Waals surface area contributed by atoms with Crippen molar-refractivity contribution in [3.63, 3.8) is 0 Å². The van der Waals surface area contributed by atoms with Crippen LogP contribution in [0.2, 0.25) is 0 Å². The normalized spacial score (nSPS) is 11.3. The van der Waals surface area contributed by atoms with E-state index in [0.717, 1.165) is 17.7 Å². The third kappa shape index (κ3) is 3.45. The molecular weight excluding hydrogens is 321 g/mol. The molecule has 7 heteroatoms. The first kappa shape index (κ1) is 15.8. The van der Waals surface area contributed by atoms with Crippen molar-refractivity contribution in [3.8, 4) is 11.3 Å². The number of amides is 1. The molecule has 0 aliphatic carbocycles. The molecule has 1 amide bonds. The van der Waals surface area contributed by atoms with Gasteiger partial charge in [0.2, 0.25) is 5.76 Å². The first-order chi connectivity index (χ1) is 11.4. The van der Waals surface area contributed by atoms with Crippen molar-refractivity contribution in [2.45, 2.75) is 6.18 Å². The third-order valence-electron chi connectivity index (χ3n) is 3.27. The van der Waals surface area contributed by atoms with Crippen molar-refractivity contribution in [1.82, 2.24) is 5.16 Å². The van der Waals surface area contributed by atoms with E-state index in [2.05, 4.69) is 10.5 Å². The summed E-state index contributed by atoms with van der Waals surface area (Å²) < 4.78 is 42.5. The maximum atomic E-state index is 12.5. The molecule has 0 fully saturated rings. The van der Waals surface area contributed by atoms with Gasteiger partial charge < -0.3 is 9.84 Å². The Morgan fingerprint density at radius 2 is 1.67 bits per heavy atom. The van der Waals surface area contributed by atoms with Crippen LogP contribution in [0.25, 0.3) is 11.3 Å². The zero-order chi connectivity index (χ0) is 17.2. The number of carbonyl (C=O) groups is 1. The summed E-state index contributed by atoms with van der Waals surface area (Å²) in [6.07, 6.45) is -4.42. The van der Waals surface area contributed by atoms with Gasteiger partial charge in [-0.2, -0.15) is 13.2 Å². The Labute approximate surface area is 134 Å². The summed E-state index contributed by atoms with van der Waals surface area (Å²) in [5.74, 6) is -0.627. The lowest BCUT2D eigenvalue weighted by atomic mass is 10.1. The van der Waals surface area contributed by atoms with Crippen LogP contribution in [0, 0.1) is 0 Å². The van der Waals surface area contributed by atoms with E-state index in [1.807, 2.05) is 30.3 Å². The first-order valence-corrected chi connectivity index (χ1v) is 6.94. The van der Waals surface area contributed by atoms with E-state index < -0.39 is 17.6 Å². The van der Waals surface area contributed by atoms with Crippen LogP contribution < -0.4 is 5.32 Å². The van der Waals surface area contributed by atoms with Gasteiger partial charge in [-0.05, 0) is 24.3 Å². The molecule has 0 unspecified atom stereocenters. The Kier molecular flexibility index (Phi) is 4.07. The third-order valence-corrected chi connectivity index (χ3v) is 3.27. The van der Waals surface area contributed by atoms with Crippen molar-refractivity contribution < 1.29 is 22.5 Å². The number of nitrogens with zero attached hydrogens (tertiary/aromatic N) is 1. The minimum atomic E-state index is -4.42. The Morgan fingerprint density at radius 3 is 2.29 bits per heavy atom. The van der Waals surface area contributed by atoms with Gasteiger partial charge in [0.15, 0.2) is 0 Å². The van der Waals surface area contributed by atoms with E-state index in [-0.39, 0.29) is 11.4 Å². The van der Waals surface area contributed by atoms with Crippen LogP contribution in [-0.2, 0) is 6.18 Å². The van der Waals surface area contributed by atoms with Crippen LogP contribution in [0.1, 0.15) is 16.1 Å². The molecule has 4 nitrogen and oxygen atoms in total. The van der Waals surface area contributed by atoms with E-state index >= 15 is 0 Å². The molecule has 2 aromatic carbocycles. The number of alkyl halides is 3. The Bertz CT molecular complexity index is 840. The van der Waals surface area contributed by atoms with Gasteiger partial charge in [0, 0.05) is 17.3 Å². The number of anilines is 1. The molecule has 24 heavy (non-hydrogen) atoms. The molecular formula is C17H11F3N2O2. The van der Waals surface area contributed by atoms with Gasteiger partial charge in [0.1, 0.15) is 5.69 Å². The molecule has 1 aromatic heterocycles. The predicted molar refractivity (Wildman–Crippen MR) is 81.3 cm³/mol. The molecule has 1 N–H and O–H groups in total. The van der Waals surface area contributed by atoms with Crippen LogP contribution in [0.5, 0.6) is 0 Å². The minimum Gasteiger partial charge on any atom is -0.350 e. The quantitative estimate of drug-likeness (QED) is 0.762. The Hall–Kier alpha value is -3.09. The van der Waals surface area contributed by atoms with Gasteiger partial charge >= 0.3 is 6.18 Å². The van der Waals surface area contributed by atoms with Crippen LogP contribution in [0.15, 0.2) is 65.2 Å². The fourth-order valence-electron chi connectivity index (χ4n) is 2.06. The molecule has 0 aliphatic heterocycles. The van der Waals surface area contributed by atoms with Gasteiger partial charge in [-0.3, -0.25) is 4.79 Å². The van der Waals surface area contributed by atoms with E-state index in [9.17, 15) is 18.0 Å². The summed E-state index contributed by atoms with van der Waals surface area (Å²) >= 11 is 0. The summed E-state index contributed by atoms with van der Waals surface area (Å²) in [7, 11) is 0. The minimum absolute atomic E-state index is 0.0336. The lowest BCUT2D eigenvalue weighted by Crippen LogP contribution is -2.11. The largest absolute Gasteiger partial charge is 0.416 e. The molecule has 0 bridgehead atoms. The number of halogens is 3. The van der Waals surface area contributed by atoms with Gasteiger partial charge in [-0.1, -0.05) is 35.5 Å². The van der Waals surface area contributed by atoms with Crippen LogP contribution in [0.4, 0.5) is 18.9 Å². The standard InChI is InChI=1S/C17H11F3N2O2/c18-17(19,20)12-6-8-13(9-7-12)21-16(23)15-10-14(22-24-15)11-4-2-1-3-5-11/h1-10H,(H,21,23). The van der Waals surface area contributed by atoms with Crippen molar-refractivity contribution >= 4 is 11.6 Å². The molecule has 0 saturated heterocycles. The number of carbonyl (C=O) groups excluding carboxylic acids is 1. The maximum absolute atomic E-state index is 12.5. The topological polar surface area (TPSA) is 55.1 Å². The molecule has 0 aliphatic rings. The van der Waals surface area contributed by atoms with Crippen molar-refractivity contribution in [2.24, 2.45) is 0 Å². The highest BCUT2D eigenvalue weighted by Gasteiger charge is 2.30. The number of rotatable bonds is 3. The highest BCUT2D eigenvalue weighted by Crippen LogP contribution is 2.30. The molecule has 3 aromatic rings. The summed E-state index contributed by atoms with van der Waals surface area (Å²) in [6.45, 7) is 0. The van der Waals surface area contributed by atoms with E-state index in [1.165, 1.54) is 18.2 Å². The summed E-state index contributed by atoms with van der Waals surface area (Å²) in [5.41, 5.74) is 0.722. The monoisotopic (exact) mass is 332 g/mol. The number of benzene rings is 2. The fourth-order valence-corrected chi connectivity index (χ4v) is 2.06. The number of hydrogen-bond acceptors (Lipinski definition) is 3. The summed E-state index contributed by atoms with van der Waals surface area (Å²) in [5, 5.41) is 6.27. The van der Waals surface area contributed by atoms with Crippen molar-refractivity contribution in [3.05, 3.63) is 72.0 Å². The van der Waals surface area contributed by atoms with Gasteiger partial charge in [-0.25, -0.2) is 0 Å². The van der Waals surface area contributed by atoms with Crippen LogP contribution in [0.3, 0.4) is 0 Å². The van der Waals surface area contributed by atoms with E-state index in [4.69, 9.17) is 4.52 Å². The first-order valence-electron chi connectivity index (χ1n) is 6.94. The number of aromatic nitrogens is 1. The molecule has 122 valence electrons. The second kappa shape index (κ2) is 6.19. The van der Waals surface area contributed by atoms with Crippen molar-refractivity contribution in [1.29, 1.82) is 0 Å². The highest BCUT2D eigenvalue weighted by atomic mass is 19.4. The summed E-state index contributed by atoms with van der Waals surface area (Å²) in [6, 6.07) is 14.7. The fraction of sp³-hybridized carbons (Fsp3) is 0.0588. The zero-order valence-electron chi connectivity index (χ0n) is 12.2. The number of nitrogens with one attached hydrogen (secondary N) is 1. The predicted octanol–water partition coefficient (Wildman–Crippen LogP) is 4.61. The molecule has 0 atom stereocenters. The molecule has 3 rings (SSSR count). The average molecular weight is 332 g/mol. The second-order valence-corrected chi connectivity index (χ2v) is 4.97. The van der Waals surface area contributed by atoms with Crippen LogP contribution >= 0.6 is 0 Å². The molecule has 0 spiro atoms. The lowest BCUT2D eigenvalue weighted by molar-refractivity contribution is -0.137. The van der Waals surface area contributed by atoms with Gasteiger partial charge in [0.25, 0.3) is 5.91 Å². The molecule has 0 saturated carbocycles. The lowest BCUT2D eigenvalue weighted by Gasteiger charge is -2.07. The average Bonchev–Trinajstić information content (AvgIpc) is 3.05. The Morgan fingerprint density at radius 1 is 1.00 bits per heavy atom. The second-order valence-electron chi connectivity index (χ2n) is 4.97. The SMILES string of the molecule is O=C(Nc1ccc(C(F)(F)F)cc1)c1cc(-c2ccccc2)no1.